The van der Waals surface area contributed by atoms with Gasteiger partial charge in [-0.2, -0.15) is 0 Å². The van der Waals surface area contributed by atoms with Crippen molar-refractivity contribution in [2.45, 2.75) is 16.8 Å². The van der Waals surface area contributed by atoms with Crippen molar-refractivity contribution in [2.75, 3.05) is 0 Å². The van der Waals surface area contributed by atoms with Crippen molar-refractivity contribution in [1.82, 2.24) is 4.98 Å². The quantitative estimate of drug-likeness (QED) is 0.486. The van der Waals surface area contributed by atoms with E-state index in [0.29, 0.717) is 15.5 Å². The van der Waals surface area contributed by atoms with Gasteiger partial charge in [-0.15, -0.1) is 0 Å². The van der Waals surface area contributed by atoms with Crippen LogP contribution in [0.4, 0.5) is 5.69 Å². The molecule has 96 valence electrons. The lowest BCUT2D eigenvalue weighted by Crippen LogP contribution is -1.93. The third-order valence-electron chi connectivity index (χ3n) is 2.46. The van der Waals surface area contributed by atoms with Gasteiger partial charge in [-0.05, 0) is 24.6 Å². The molecule has 0 fully saturated rings. The van der Waals surface area contributed by atoms with Gasteiger partial charge in [0, 0.05) is 17.8 Å². The lowest BCUT2D eigenvalue weighted by molar-refractivity contribution is -0.387. The van der Waals surface area contributed by atoms with E-state index in [1.54, 1.807) is 24.3 Å². The first kappa shape index (κ1) is 13.2. The number of carbonyl (C=O) groups excluding carboxylic acids is 1. The lowest BCUT2D eigenvalue weighted by Gasteiger charge is -2.05. The maximum Gasteiger partial charge on any atom is 0.283 e. The smallest absolute Gasteiger partial charge is 0.283 e. The zero-order valence-corrected chi connectivity index (χ0v) is 10.9. The van der Waals surface area contributed by atoms with E-state index in [-0.39, 0.29) is 5.69 Å². The molecule has 0 aliphatic heterocycles. The second kappa shape index (κ2) is 5.62. The van der Waals surface area contributed by atoms with Gasteiger partial charge in [-0.3, -0.25) is 14.9 Å². The van der Waals surface area contributed by atoms with Crippen LogP contribution < -0.4 is 0 Å². The Kier molecular flexibility index (Phi) is 3.91. The Morgan fingerprint density at radius 1 is 1.37 bits per heavy atom. The normalized spacial score (nSPS) is 10.2. The number of rotatable bonds is 4. The second-order valence-corrected chi connectivity index (χ2v) is 4.87. The first-order chi connectivity index (χ1) is 9.11. The van der Waals surface area contributed by atoms with Crippen molar-refractivity contribution in [1.29, 1.82) is 0 Å². The Hall–Kier alpha value is -2.21. The third kappa shape index (κ3) is 2.97. The van der Waals surface area contributed by atoms with Crippen LogP contribution in [-0.4, -0.2) is 16.2 Å². The number of carbonyl (C=O) groups is 1. The predicted molar refractivity (Wildman–Crippen MR) is 71.6 cm³/mol. The van der Waals surface area contributed by atoms with Gasteiger partial charge in [0.2, 0.25) is 0 Å². The largest absolute Gasteiger partial charge is 0.298 e. The van der Waals surface area contributed by atoms with Crippen LogP contribution >= 0.6 is 11.8 Å². The molecular weight excluding hydrogens is 264 g/mol. The van der Waals surface area contributed by atoms with Crippen LogP contribution in [0.3, 0.4) is 0 Å². The molecule has 0 unspecified atom stereocenters. The molecule has 0 atom stereocenters. The fraction of sp³-hybridized carbons (Fsp3) is 0.0769. The van der Waals surface area contributed by atoms with Crippen LogP contribution in [0.2, 0.25) is 0 Å². The fourth-order valence-corrected chi connectivity index (χ4v) is 2.48. The summed E-state index contributed by atoms with van der Waals surface area (Å²) < 4.78 is 0. The molecule has 6 heteroatoms. The first-order valence-corrected chi connectivity index (χ1v) is 6.26. The maximum atomic E-state index is 10.9. The highest BCUT2D eigenvalue weighted by molar-refractivity contribution is 7.99. The molecular formula is C13H10N2O3S. The van der Waals surface area contributed by atoms with E-state index in [9.17, 15) is 14.9 Å². The minimum atomic E-state index is -0.419. The molecule has 1 heterocycles. The van der Waals surface area contributed by atoms with Gasteiger partial charge < -0.3 is 0 Å². The monoisotopic (exact) mass is 274 g/mol. The van der Waals surface area contributed by atoms with Crippen molar-refractivity contribution < 1.29 is 9.72 Å². The molecule has 0 N–H and O–H groups in total. The molecule has 19 heavy (non-hydrogen) atoms. The van der Waals surface area contributed by atoms with Crippen molar-refractivity contribution in [3.63, 3.8) is 0 Å². The van der Waals surface area contributed by atoms with Gasteiger partial charge in [0.05, 0.1) is 9.82 Å². The van der Waals surface area contributed by atoms with Crippen LogP contribution in [0, 0.1) is 17.0 Å². The number of aromatic nitrogens is 1. The maximum absolute atomic E-state index is 10.9. The Morgan fingerprint density at radius 3 is 2.74 bits per heavy atom. The van der Waals surface area contributed by atoms with E-state index in [0.717, 1.165) is 11.8 Å². The molecule has 1 aromatic carbocycles. The van der Waals surface area contributed by atoms with Crippen LogP contribution in [0.15, 0.2) is 46.5 Å². The standard InChI is InChI=1S/C13H10N2O3S/c1-9-6-10(8-16)7-14-13(9)19-12-5-3-2-4-11(12)15(17)18/h2-8H,1H3. The summed E-state index contributed by atoms with van der Waals surface area (Å²) in [5.41, 5.74) is 1.35. The second-order valence-electron chi connectivity index (χ2n) is 3.84. The number of nitro benzene ring substituents is 1. The Balaban J connectivity index is 2.36. The highest BCUT2D eigenvalue weighted by atomic mass is 32.2. The first-order valence-electron chi connectivity index (χ1n) is 5.45. The van der Waals surface area contributed by atoms with Gasteiger partial charge in [0.25, 0.3) is 5.69 Å². The molecule has 0 saturated heterocycles. The average Bonchev–Trinajstić information content (AvgIpc) is 2.41. The summed E-state index contributed by atoms with van der Waals surface area (Å²) in [5, 5.41) is 11.6. The molecule has 0 bridgehead atoms. The van der Waals surface area contributed by atoms with Gasteiger partial charge >= 0.3 is 0 Å². The van der Waals surface area contributed by atoms with Crippen LogP contribution in [-0.2, 0) is 0 Å². The van der Waals surface area contributed by atoms with Gasteiger partial charge in [-0.1, -0.05) is 23.9 Å². The topological polar surface area (TPSA) is 73.1 Å². The van der Waals surface area contributed by atoms with E-state index < -0.39 is 4.92 Å². The molecule has 0 aliphatic carbocycles. The summed E-state index contributed by atoms with van der Waals surface area (Å²) in [5.74, 6) is 0. The molecule has 0 saturated carbocycles. The van der Waals surface area contributed by atoms with Crippen LogP contribution in [0.5, 0.6) is 0 Å². The van der Waals surface area contributed by atoms with Crippen molar-refractivity contribution in [3.05, 3.63) is 57.8 Å². The van der Waals surface area contributed by atoms with E-state index >= 15 is 0 Å². The van der Waals surface area contributed by atoms with E-state index in [2.05, 4.69) is 4.98 Å². The van der Waals surface area contributed by atoms with Crippen LogP contribution in [0.1, 0.15) is 15.9 Å². The molecule has 2 aromatic rings. The van der Waals surface area contributed by atoms with E-state index in [4.69, 9.17) is 0 Å². The Bertz CT molecular complexity index is 644. The highest BCUT2D eigenvalue weighted by Gasteiger charge is 2.15. The average molecular weight is 274 g/mol. The number of aldehydes is 1. The number of pyridine rings is 1. The summed E-state index contributed by atoms with van der Waals surface area (Å²) in [7, 11) is 0. The zero-order valence-electron chi connectivity index (χ0n) is 10.1. The summed E-state index contributed by atoms with van der Waals surface area (Å²) >= 11 is 1.22. The van der Waals surface area contributed by atoms with Crippen molar-refractivity contribution in [2.24, 2.45) is 0 Å². The molecule has 0 aliphatic rings. The van der Waals surface area contributed by atoms with Crippen LogP contribution in [0.25, 0.3) is 0 Å². The molecule has 0 radical (unpaired) electrons. The molecule has 0 spiro atoms. The summed E-state index contributed by atoms with van der Waals surface area (Å²) in [6, 6.07) is 8.20. The van der Waals surface area contributed by atoms with Gasteiger partial charge in [0.15, 0.2) is 6.29 Å². The van der Waals surface area contributed by atoms with Gasteiger partial charge in [-0.25, -0.2) is 4.98 Å². The Labute approximate surface area is 113 Å². The minimum absolute atomic E-state index is 0.0492. The van der Waals surface area contributed by atoms with E-state index in [1.165, 1.54) is 24.0 Å². The number of benzene rings is 1. The molecule has 5 nitrogen and oxygen atoms in total. The number of hydrogen-bond acceptors (Lipinski definition) is 5. The molecule has 0 amide bonds. The SMILES string of the molecule is Cc1cc(C=O)cnc1Sc1ccccc1[N+](=O)[O-]. The Morgan fingerprint density at radius 2 is 2.11 bits per heavy atom. The zero-order chi connectivity index (χ0) is 13.8. The highest BCUT2D eigenvalue weighted by Crippen LogP contribution is 2.34. The summed E-state index contributed by atoms with van der Waals surface area (Å²) in [6.45, 7) is 1.82. The summed E-state index contributed by atoms with van der Waals surface area (Å²) in [4.78, 5) is 25.8. The molecule has 1 aromatic heterocycles. The third-order valence-corrected chi connectivity index (χ3v) is 3.64. The number of aryl methyl sites for hydroxylation is 1. The number of nitro groups is 1. The van der Waals surface area contributed by atoms with Crippen molar-refractivity contribution >= 4 is 23.7 Å². The molecule has 2 rings (SSSR count). The number of hydrogen-bond donors (Lipinski definition) is 0. The van der Waals surface area contributed by atoms with Crippen molar-refractivity contribution in [3.8, 4) is 0 Å². The summed E-state index contributed by atoms with van der Waals surface area (Å²) in [6.07, 6.45) is 2.18. The lowest BCUT2D eigenvalue weighted by atomic mass is 10.2. The fourth-order valence-electron chi connectivity index (χ4n) is 1.55. The van der Waals surface area contributed by atoms with Gasteiger partial charge in [0.1, 0.15) is 5.03 Å². The predicted octanol–water partition coefficient (Wildman–Crippen LogP) is 3.26. The minimum Gasteiger partial charge on any atom is -0.298 e. The van der Waals surface area contributed by atoms with E-state index in [1.807, 2.05) is 6.92 Å². The number of para-hydroxylation sites is 1. The number of nitrogens with zero attached hydrogens (tertiary/aromatic N) is 2.